The highest BCUT2D eigenvalue weighted by Gasteiger charge is 2.36. The normalized spacial score (nSPS) is 18.1. The van der Waals surface area contributed by atoms with Crippen molar-refractivity contribution in [1.29, 1.82) is 0 Å². The molecule has 1 aliphatic carbocycles. The van der Waals surface area contributed by atoms with Crippen molar-refractivity contribution in [2.24, 2.45) is 0 Å². The van der Waals surface area contributed by atoms with Gasteiger partial charge in [0.1, 0.15) is 0 Å². The molecule has 5 heteroatoms. The zero-order valence-electron chi connectivity index (χ0n) is 10.4. The van der Waals surface area contributed by atoms with E-state index in [2.05, 4.69) is 12.2 Å². The second kappa shape index (κ2) is 3.99. The van der Waals surface area contributed by atoms with Gasteiger partial charge in [-0.25, -0.2) is 12.7 Å². The Labute approximate surface area is 103 Å². The van der Waals surface area contributed by atoms with E-state index >= 15 is 0 Å². The van der Waals surface area contributed by atoms with Gasteiger partial charge in [-0.1, -0.05) is 0 Å². The lowest BCUT2D eigenvalue weighted by atomic mass is 10.2. The molecule has 0 saturated heterocycles. The monoisotopic (exact) mass is 254 g/mol. The van der Waals surface area contributed by atoms with Crippen LogP contribution in [0.1, 0.15) is 19.8 Å². The van der Waals surface area contributed by atoms with Crippen molar-refractivity contribution in [1.82, 2.24) is 4.31 Å². The molecule has 0 spiro atoms. The fraction of sp³-hybridized carbons (Fsp3) is 0.500. The lowest BCUT2D eigenvalue weighted by Crippen LogP contribution is -2.22. The Morgan fingerprint density at radius 2 is 1.71 bits per heavy atom. The number of benzene rings is 1. The lowest BCUT2D eigenvalue weighted by Gasteiger charge is -2.15. The maximum absolute atomic E-state index is 11.8. The van der Waals surface area contributed by atoms with Crippen LogP contribution in [0.4, 0.5) is 5.69 Å². The van der Waals surface area contributed by atoms with Crippen molar-refractivity contribution in [2.75, 3.05) is 19.4 Å². The van der Waals surface area contributed by atoms with Gasteiger partial charge < -0.3 is 5.32 Å². The van der Waals surface area contributed by atoms with Crippen LogP contribution in [0.5, 0.6) is 0 Å². The number of hydrogen-bond acceptors (Lipinski definition) is 3. The smallest absolute Gasteiger partial charge is 0.242 e. The van der Waals surface area contributed by atoms with E-state index in [1.165, 1.54) is 31.2 Å². The first-order valence-corrected chi connectivity index (χ1v) is 7.08. The van der Waals surface area contributed by atoms with Crippen molar-refractivity contribution >= 4 is 15.7 Å². The molecule has 1 saturated carbocycles. The van der Waals surface area contributed by atoms with Gasteiger partial charge in [0.2, 0.25) is 10.0 Å². The van der Waals surface area contributed by atoms with Gasteiger partial charge in [-0.05, 0) is 44.0 Å². The van der Waals surface area contributed by atoms with E-state index in [0.29, 0.717) is 4.90 Å². The molecule has 1 fully saturated rings. The zero-order valence-corrected chi connectivity index (χ0v) is 11.2. The number of hydrogen-bond donors (Lipinski definition) is 1. The third kappa shape index (κ3) is 2.61. The second-order valence-electron chi connectivity index (χ2n) is 5.00. The molecule has 4 nitrogen and oxygen atoms in total. The minimum atomic E-state index is -3.32. The first-order valence-electron chi connectivity index (χ1n) is 5.64. The molecule has 1 aromatic rings. The highest BCUT2D eigenvalue weighted by Crippen LogP contribution is 2.38. The van der Waals surface area contributed by atoms with Crippen LogP contribution >= 0.6 is 0 Å². The van der Waals surface area contributed by atoms with Crippen LogP contribution in [0.15, 0.2) is 29.2 Å². The van der Waals surface area contributed by atoms with E-state index in [0.717, 1.165) is 5.69 Å². The number of nitrogens with one attached hydrogen (secondary N) is 1. The molecule has 0 heterocycles. The summed E-state index contributed by atoms with van der Waals surface area (Å²) in [7, 11) is -0.247. The maximum Gasteiger partial charge on any atom is 0.242 e. The molecule has 0 amide bonds. The molecule has 94 valence electrons. The van der Waals surface area contributed by atoms with Crippen LogP contribution in [-0.2, 0) is 10.0 Å². The average Bonchev–Trinajstić information content (AvgIpc) is 2.96. The van der Waals surface area contributed by atoms with Crippen molar-refractivity contribution in [2.45, 2.75) is 30.2 Å². The van der Waals surface area contributed by atoms with Crippen LogP contribution in [0.2, 0.25) is 0 Å². The van der Waals surface area contributed by atoms with Crippen molar-refractivity contribution < 1.29 is 8.42 Å². The second-order valence-corrected chi connectivity index (χ2v) is 7.15. The number of anilines is 1. The van der Waals surface area contributed by atoms with E-state index in [1.807, 2.05) is 12.1 Å². The van der Waals surface area contributed by atoms with Gasteiger partial charge in [0, 0.05) is 25.3 Å². The quantitative estimate of drug-likeness (QED) is 0.893. The molecule has 0 aliphatic heterocycles. The Bertz CT molecular complexity index is 502. The average molecular weight is 254 g/mol. The molecule has 1 N–H and O–H groups in total. The summed E-state index contributed by atoms with van der Waals surface area (Å²) in [5, 5.41) is 3.39. The Hall–Kier alpha value is -1.07. The number of sulfonamides is 1. The summed E-state index contributed by atoms with van der Waals surface area (Å²) >= 11 is 0. The van der Waals surface area contributed by atoms with Gasteiger partial charge in [0.15, 0.2) is 0 Å². The van der Waals surface area contributed by atoms with E-state index in [4.69, 9.17) is 0 Å². The Kier molecular flexibility index (Phi) is 2.91. The minimum absolute atomic E-state index is 0.210. The maximum atomic E-state index is 11.8. The Morgan fingerprint density at radius 1 is 1.18 bits per heavy atom. The van der Waals surface area contributed by atoms with Crippen molar-refractivity contribution in [3.63, 3.8) is 0 Å². The summed E-state index contributed by atoms with van der Waals surface area (Å²) < 4.78 is 24.9. The number of nitrogens with zero attached hydrogens (tertiary/aromatic N) is 1. The highest BCUT2D eigenvalue weighted by atomic mass is 32.2. The SMILES string of the molecule is CN(C)S(=O)(=O)c1ccc(NC2(C)CC2)cc1. The third-order valence-electron chi connectivity index (χ3n) is 3.08. The largest absolute Gasteiger partial charge is 0.380 e. The van der Waals surface area contributed by atoms with Crippen LogP contribution in [0.3, 0.4) is 0 Å². The predicted octanol–water partition coefficient (Wildman–Crippen LogP) is 1.90. The van der Waals surface area contributed by atoms with E-state index in [-0.39, 0.29) is 5.54 Å². The predicted molar refractivity (Wildman–Crippen MR) is 68.6 cm³/mol. The molecular weight excluding hydrogens is 236 g/mol. The zero-order chi connectivity index (χ0) is 12.7. The molecule has 2 rings (SSSR count). The molecule has 1 aromatic carbocycles. The molecule has 0 aromatic heterocycles. The van der Waals surface area contributed by atoms with Gasteiger partial charge in [-0.2, -0.15) is 0 Å². The molecule has 1 aliphatic rings. The van der Waals surface area contributed by atoms with Crippen LogP contribution < -0.4 is 5.32 Å². The minimum Gasteiger partial charge on any atom is -0.380 e. The Morgan fingerprint density at radius 3 is 2.12 bits per heavy atom. The van der Waals surface area contributed by atoms with Crippen LogP contribution in [0.25, 0.3) is 0 Å². The summed E-state index contributed by atoms with van der Waals surface area (Å²) in [4.78, 5) is 0.328. The summed E-state index contributed by atoms with van der Waals surface area (Å²) in [6.45, 7) is 2.16. The van der Waals surface area contributed by atoms with E-state index in [9.17, 15) is 8.42 Å². The molecule has 17 heavy (non-hydrogen) atoms. The Balaban J connectivity index is 2.18. The van der Waals surface area contributed by atoms with E-state index < -0.39 is 10.0 Å². The molecule has 0 bridgehead atoms. The first-order chi connectivity index (χ1) is 7.83. The van der Waals surface area contributed by atoms with Crippen LogP contribution in [-0.4, -0.2) is 32.4 Å². The summed E-state index contributed by atoms with van der Waals surface area (Å²) in [6.07, 6.45) is 2.34. The molecular formula is C12H18N2O2S. The fourth-order valence-corrected chi connectivity index (χ4v) is 2.48. The summed E-state index contributed by atoms with van der Waals surface area (Å²) in [6, 6.07) is 6.92. The first kappa shape index (κ1) is 12.4. The van der Waals surface area contributed by atoms with Gasteiger partial charge in [0.25, 0.3) is 0 Å². The van der Waals surface area contributed by atoms with Gasteiger partial charge in [-0.15, -0.1) is 0 Å². The topological polar surface area (TPSA) is 49.4 Å². The van der Waals surface area contributed by atoms with E-state index in [1.54, 1.807) is 12.1 Å². The third-order valence-corrected chi connectivity index (χ3v) is 4.91. The van der Waals surface area contributed by atoms with Gasteiger partial charge in [0.05, 0.1) is 4.90 Å². The lowest BCUT2D eigenvalue weighted by molar-refractivity contribution is 0.521. The molecule has 0 radical (unpaired) electrons. The van der Waals surface area contributed by atoms with Crippen LogP contribution in [0, 0.1) is 0 Å². The number of rotatable bonds is 4. The molecule has 0 atom stereocenters. The van der Waals surface area contributed by atoms with Crippen molar-refractivity contribution in [3.05, 3.63) is 24.3 Å². The highest BCUT2D eigenvalue weighted by molar-refractivity contribution is 7.89. The summed E-state index contributed by atoms with van der Waals surface area (Å²) in [5.41, 5.74) is 1.18. The summed E-state index contributed by atoms with van der Waals surface area (Å²) in [5.74, 6) is 0. The van der Waals surface area contributed by atoms with Gasteiger partial charge >= 0.3 is 0 Å². The fourth-order valence-electron chi connectivity index (χ4n) is 1.58. The van der Waals surface area contributed by atoms with Crippen molar-refractivity contribution in [3.8, 4) is 0 Å². The standard InChI is InChI=1S/C12H18N2O2S/c1-12(8-9-12)13-10-4-6-11(7-5-10)17(15,16)14(2)3/h4-7,13H,8-9H2,1-3H3. The van der Waals surface area contributed by atoms with Gasteiger partial charge in [-0.3, -0.25) is 0 Å². The molecule has 0 unspecified atom stereocenters.